The standard InChI is InChI=1S/C38H44BrN3O4S/c1-27(2)24-40-38(44)36(23-30-9-7-6-8-10-30)41(25-31-13-17-33(39)18-14-31)37(43)26-42(34-19-15-32(16-20-34)28(3)4)47(45,46)35-21-11-29(5)12-22-35/h6-22,27-28,36H,23-26H2,1-5H3,(H,40,44)/t36-/m0/s1. The molecule has 0 fully saturated rings. The van der Waals surface area contributed by atoms with Crippen LogP contribution < -0.4 is 9.62 Å². The highest BCUT2D eigenvalue weighted by atomic mass is 79.9. The zero-order chi connectivity index (χ0) is 34.1. The first kappa shape index (κ1) is 35.9. The Morgan fingerprint density at radius 1 is 0.787 bits per heavy atom. The Morgan fingerprint density at radius 2 is 1.40 bits per heavy atom. The Balaban J connectivity index is 1.80. The van der Waals surface area contributed by atoms with Crippen molar-refractivity contribution in [2.24, 2.45) is 5.92 Å². The van der Waals surface area contributed by atoms with E-state index in [1.165, 1.54) is 4.90 Å². The second kappa shape index (κ2) is 16.2. The lowest BCUT2D eigenvalue weighted by molar-refractivity contribution is -0.140. The van der Waals surface area contributed by atoms with E-state index < -0.39 is 28.5 Å². The highest BCUT2D eigenvalue weighted by Gasteiger charge is 2.34. The Kier molecular flexibility index (Phi) is 12.4. The lowest BCUT2D eigenvalue weighted by Crippen LogP contribution is -2.53. The van der Waals surface area contributed by atoms with Crippen molar-refractivity contribution < 1.29 is 18.0 Å². The van der Waals surface area contributed by atoms with Crippen molar-refractivity contribution in [1.82, 2.24) is 10.2 Å². The number of anilines is 1. The van der Waals surface area contributed by atoms with Gasteiger partial charge in [0.25, 0.3) is 10.0 Å². The third kappa shape index (κ3) is 9.78. The number of hydrogen-bond acceptors (Lipinski definition) is 4. The van der Waals surface area contributed by atoms with Crippen LogP contribution in [0.2, 0.25) is 0 Å². The Hall–Kier alpha value is -3.95. The van der Waals surface area contributed by atoms with Gasteiger partial charge < -0.3 is 10.2 Å². The zero-order valence-electron chi connectivity index (χ0n) is 27.7. The molecule has 0 aliphatic rings. The minimum Gasteiger partial charge on any atom is -0.354 e. The van der Waals surface area contributed by atoms with Crippen LogP contribution in [0.5, 0.6) is 0 Å². The Morgan fingerprint density at radius 3 is 1.98 bits per heavy atom. The number of halogens is 1. The molecule has 0 saturated carbocycles. The summed E-state index contributed by atoms with van der Waals surface area (Å²) in [5.41, 5.74) is 4.04. The van der Waals surface area contributed by atoms with Gasteiger partial charge in [-0.15, -0.1) is 0 Å². The van der Waals surface area contributed by atoms with Gasteiger partial charge in [-0.25, -0.2) is 8.42 Å². The summed E-state index contributed by atoms with van der Waals surface area (Å²) in [7, 11) is -4.16. The molecule has 248 valence electrons. The first-order valence-corrected chi connectivity index (χ1v) is 18.1. The Bertz CT molecular complexity index is 1720. The highest BCUT2D eigenvalue weighted by molar-refractivity contribution is 9.10. The topological polar surface area (TPSA) is 86.8 Å². The summed E-state index contributed by atoms with van der Waals surface area (Å²) in [5, 5.41) is 3.02. The third-order valence-corrected chi connectivity index (χ3v) is 10.3. The van der Waals surface area contributed by atoms with Crippen LogP contribution >= 0.6 is 15.9 Å². The number of rotatable bonds is 14. The molecule has 0 aliphatic heterocycles. The molecule has 4 aromatic rings. The maximum atomic E-state index is 14.6. The molecule has 4 rings (SSSR count). The van der Waals surface area contributed by atoms with E-state index in [9.17, 15) is 18.0 Å². The molecule has 9 heteroatoms. The van der Waals surface area contributed by atoms with Crippen molar-refractivity contribution in [2.45, 2.75) is 64.4 Å². The van der Waals surface area contributed by atoms with Crippen molar-refractivity contribution >= 4 is 43.5 Å². The molecule has 0 heterocycles. The van der Waals surface area contributed by atoms with E-state index in [1.54, 1.807) is 36.4 Å². The van der Waals surface area contributed by atoms with Gasteiger partial charge in [0.15, 0.2) is 0 Å². The van der Waals surface area contributed by atoms with Crippen LogP contribution in [0.25, 0.3) is 0 Å². The van der Waals surface area contributed by atoms with Gasteiger partial charge in [-0.2, -0.15) is 0 Å². The SMILES string of the molecule is Cc1ccc(S(=O)(=O)N(CC(=O)N(Cc2ccc(Br)cc2)[C@@H](Cc2ccccc2)C(=O)NCC(C)C)c2ccc(C(C)C)cc2)cc1. The number of sulfonamides is 1. The second-order valence-electron chi connectivity index (χ2n) is 12.6. The number of nitrogens with one attached hydrogen (secondary N) is 1. The molecule has 0 unspecified atom stereocenters. The smallest absolute Gasteiger partial charge is 0.264 e. The lowest BCUT2D eigenvalue weighted by Gasteiger charge is -2.34. The van der Waals surface area contributed by atoms with Gasteiger partial charge in [0.05, 0.1) is 10.6 Å². The van der Waals surface area contributed by atoms with Crippen molar-refractivity contribution in [3.63, 3.8) is 0 Å². The van der Waals surface area contributed by atoms with Crippen molar-refractivity contribution in [3.05, 3.63) is 130 Å². The molecular formula is C38H44BrN3O4S. The number of aryl methyl sites for hydroxylation is 1. The van der Waals surface area contributed by atoms with Gasteiger partial charge in [-0.05, 0) is 71.8 Å². The number of hydrogen-bond donors (Lipinski definition) is 1. The minimum atomic E-state index is -4.16. The predicted octanol–water partition coefficient (Wildman–Crippen LogP) is 7.49. The quantitative estimate of drug-likeness (QED) is 0.147. The first-order valence-electron chi connectivity index (χ1n) is 15.9. The molecule has 2 amide bonds. The second-order valence-corrected chi connectivity index (χ2v) is 15.3. The van der Waals surface area contributed by atoms with Crippen LogP contribution in [0.3, 0.4) is 0 Å². The minimum absolute atomic E-state index is 0.0822. The average Bonchev–Trinajstić information content (AvgIpc) is 3.05. The average molecular weight is 719 g/mol. The number of amides is 2. The van der Waals surface area contributed by atoms with Gasteiger partial charge in [0, 0.05) is 24.0 Å². The van der Waals surface area contributed by atoms with E-state index in [0.717, 1.165) is 31.0 Å². The predicted molar refractivity (Wildman–Crippen MR) is 193 cm³/mol. The molecule has 0 aromatic heterocycles. The van der Waals surface area contributed by atoms with Crippen molar-refractivity contribution in [2.75, 3.05) is 17.4 Å². The van der Waals surface area contributed by atoms with Crippen LogP contribution in [0.15, 0.2) is 112 Å². The maximum Gasteiger partial charge on any atom is 0.264 e. The summed E-state index contributed by atoms with van der Waals surface area (Å²) in [5.74, 6) is -0.326. The summed E-state index contributed by atoms with van der Waals surface area (Å²) in [4.78, 5) is 30.1. The van der Waals surface area contributed by atoms with Gasteiger partial charge in [0.1, 0.15) is 12.6 Å². The normalized spacial score (nSPS) is 12.2. The van der Waals surface area contributed by atoms with E-state index >= 15 is 0 Å². The number of nitrogens with zero attached hydrogens (tertiary/aromatic N) is 2. The summed E-state index contributed by atoms with van der Waals surface area (Å²) < 4.78 is 30.6. The monoisotopic (exact) mass is 717 g/mol. The summed E-state index contributed by atoms with van der Waals surface area (Å²) in [6.07, 6.45) is 0.265. The van der Waals surface area contributed by atoms with E-state index in [-0.39, 0.29) is 35.6 Å². The molecule has 4 aromatic carbocycles. The number of carbonyl (C=O) groups excluding carboxylic acids is 2. The van der Waals surface area contributed by atoms with E-state index in [4.69, 9.17) is 0 Å². The summed E-state index contributed by atoms with van der Waals surface area (Å²) in [6.45, 7) is 10.1. The number of benzene rings is 4. The van der Waals surface area contributed by atoms with Crippen LogP contribution in [-0.2, 0) is 32.6 Å². The fourth-order valence-corrected chi connectivity index (χ4v) is 6.83. The summed E-state index contributed by atoms with van der Waals surface area (Å²) >= 11 is 3.47. The molecule has 0 aliphatic carbocycles. The number of carbonyl (C=O) groups is 2. The lowest BCUT2D eigenvalue weighted by atomic mass is 10.0. The highest BCUT2D eigenvalue weighted by Crippen LogP contribution is 2.27. The van der Waals surface area contributed by atoms with Crippen LogP contribution in [-0.4, -0.2) is 44.3 Å². The van der Waals surface area contributed by atoms with Crippen LogP contribution in [0, 0.1) is 12.8 Å². The van der Waals surface area contributed by atoms with Gasteiger partial charge in [-0.1, -0.05) is 116 Å². The van der Waals surface area contributed by atoms with E-state index in [2.05, 4.69) is 35.1 Å². The largest absolute Gasteiger partial charge is 0.354 e. The van der Waals surface area contributed by atoms with Gasteiger partial charge >= 0.3 is 0 Å². The third-order valence-electron chi connectivity index (χ3n) is 7.96. The molecule has 1 N–H and O–H groups in total. The van der Waals surface area contributed by atoms with E-state index in [1.807, 2.05) is 87.5 Å². The zero-order valence-corrected chi connectivity index (χ0v) is 30.1. The van der Waals surface area contributed by atoms with Crippen molar-refractivity contribution in [1.29, 1.82) is 0 Å². The molecule has 7 nitrogen and oxygen atoms in total. The fraction of sp³-hybridized carbons (Fsp3) is 0.316. The molecule has 1 atom stereocenters. The fourth-order valence-electron chi connectivity index (χ4n) is 5.15. The first-order chi connectivity index (χ1) is 22.3. The van der Waals surface area contributed by atoms with Gasteiger partial charge in [0.2, 0.25) is 11.8 Å². The summed E-state index contributed by atoms with van der Waals surface area (Å²) in [6, 6.07) is 30.1. The molecular weight excluding hydrogens is 674 g/mol. The molecule has 47 heavy (non-hydrogen) atoms. The molecule has 0 saturated heterocycles. The molecule has 0 bridgehead atoms. The van der Waals surface area contributed by atoms with Crippen molar-refractivity contribution in [3.8, 4) is 0 Å². The Labute approximate surface area is 288 Å². The van der Waals surface area contributed by atoms with Gasteiger partial charge in [-0.3, -0.25) is 13.9 Å². The maximum absolute atomic E-state index is 14.6. The van der Waals surface area contributed by atoms with Crippen LogP contribution in [0.1, 0.15) is 55.9 Å². The van der Waals surface area contributed by atoms with Crippen LogP contribution in [0.4, 0.5) is 5.69 Å². The van der Waals surface area contributed by atoms with E-state index in [0.29, 0.717) is 12.2 Å². The molecule has 0 radical (unpaired) electrons. The molecule has 0 spiro atoms.